The summed E-state index contributed by atoms with van der Waals surface area (Å²) >= 11 is 0.168. The van der Waals surface area contributed by atoms with Crippen LogP contribution in [0.1, 0.15) is 79.0 Å². The number of fused-ring (bicyclic) bond motifs is 7. The van der Waals surface area contributed by atoms with Gasteiger partial charge in [0.15, 0.2) is 0 Å². The van der Waals surface area contributed by atoms with Crippen LogP contribution < -0.4 is 25.3 Å². The van der Waals surface area contributed by atoms with E-state index in [0.29, 0.717) is 0 Å². The van der Waals surface area contributed by atoms with Gasteiger partial charge in [-0.05, 0) is 0 Å². The van der Waals surface area contributed by atoms with Gasteiger partial charge in [-0.3, -0.25) is 0 Å². The molecule has 51 heavy (non-hydrogen) atoms. The number of benzene rings is 5. The average Bonchev–Trinajstić information content (AvgIpc) is 3.43. The molecule has 0 fully saturated rings. The monoisotopic (exact) mass is 728 g/mol. The predicted octanol–water partition coefficient (Wildman–Crippen LogP) is 8.20. The fourth-order valence-electron chi connectivity index (χ4n) is 8.21. The Bertz CT molecular complexity index is 2560. The predicted molar refractivity (Wildman–Crippen MR) is 222 cm³/mol. The summed E-state index contributed by atoms with van der Waals surface area (Å²) in [7, 11) is 0. The molecule has 9 rings (SSSR count). The van der Waals surface area contributed by atoms with E-state index in [1.54, 1.807) is 0 Å². The van der Waals surface area contributed by atoms with Crippen LogP contribution in [0.25, 0.3) is 49.9 Å². The molecule has 0 bridgehead atoms. The maximum absolute atomic E-state index is 4.68. The first-order valence-corrected chi connectivity index (χ1v) is 20.0. The first-order valence-electron chi connectivity index (χ1n) is 18.3. The van der Waals surface area contributed by atoms with E-state index >= 15 is 0 Å². The zero-order valence-corrected chi connectivity index (χ0v) is 33.0. The van der Waals surface area contributed by atoms with Crippen LogP contribution in [0.5, 0.6) is 0 Å². The normalized spacial score (nSPS) is 13.9. The Kier molecular flexibility index (Phi) is 7.06. The first-order chi connectivity index (χ1) is 24.2. The Morgan fingerprint density at radius 2 is 1.24 bits per heavy atom. The van der Waals surface area contributed by atoms with E-state index in [2.05, 4.69) is 169 Å². The van der Waals surface area contributed by atoms with Crippen molar-refractivity contribution in [2.24, 2.45) is 0 Å². The van der Waals surface area contributed by atoms with Crippen LogP contribution in [-0.2, 0) is 16.2 Å². The van der Waals surface area contributed by atoms with Gasteiger partial charge in [-0.25, -0.2) is 0 Å². The molecule has 0 atom stereocenters. The fourth-order valence-corrected chi connectivity index (χ4v) is 10.7. The number of hydrogen-bond acceptors (Lipinski definition) is 1. The van der Waals surface area contributed by atoms with Crippen molar-refractivity contribution in [3.05, 3.63) is 126 Å². The molecule has 0 aliphatic carbocycles. The SMILES string of the molecule is CC(C)(C)c1ccc2c(c1)B1c3c(cc(-c4cccc(-c5ccccn5)c4)cc3-n3c4ccc(C(C)(C)C)cc4c4cc(C(C)(C)C)cc1c43)[Se]2. The molecule has 4 heteroatoms. The molecular weight excluding hydrogens is 682 g/mol. The third-order valence-electron chi connectivity index (χ3n) is 11.1. The van der Waals surface area contributed by atoms with E-state index in [0.717, 1.165) is 11.3 Å². The van der Waals surface area contributed by atoms with Crippen molar-refractivity contribution in [3.63, 3.8) is 0 Å². The summed E-state index contributed by atoms with van der Waals surface area (Å²) in [5.74, 6) is 0. The molecule has 4 heterocycles. The third-order valence-corrected chi connectivity index (χ3v) is 13.6. The van der Waals surface area contributed by atoms with Crippen LogP contribution in [-0.4, -0.2) is 31.2 Å². The second-order valence-electron chi connectivity index (χ2n) is 17.8. The quantitative estimate of drug-likeness (QED) is 0.164. The maximum atomic E-state index is 4.68. The molecule has 2 aliphatic heterocycles. The van der Waals surface area contributed by atoms with Gasteiger partial charge in [0.2, 0.25) is 0 Å². The molecule has 0 N–H and O–H groups in total. The van der Waals surface area contributed by atoms with Gasteiger partial charge in [0, 0.05) is 0 Å². The van der Waals surface area contributed by atoms with Crippen LogP contribution >= 0.6 is 0 Å². The number of rotatable bonds is 2. The molecule has 0 unspecified atom stereocenters. The Balaban J connectivity index is 1.40. The van der Waals surface area contributed by atoms with Gasteiger partial charge >= 0.3 is 311 Å². The van der Waals surface area contributed by atoms with Gasteiger partial charge in [0.05, 0.1) is 0 Å². The number of nitrogens with zero attached hydrogens (tertiary/aromatic N) is 2. The summed E-state index contributed by atoms with van der Waals surface area (Å²) in [6.07, 6.45) is 1.88. The van der Waals surface area contributed by atoms with E-state index in [1.807, 2.05) is 12.3 Å². The number of hydrogen-bond donors (Lipinski definition) is 0. The van der Waals surface area contributed by atoms with Crippen LogP contribution in [0.2, 0.25) is 0 Å². The van der Waals surface area contributed by atoms with E-state index in [1.165, 1.54) is 80.6 Å². The standard InChI is InChI=1S/C47H45BN2Se/c1-45(2,3)31-16-18-39-34(24-31)35-25-33(47(7,8)9)27-37-44(35)50(39)40-22-30(28-13-12-14-29(21-28)38-15-10-11-20-49-38)23-42-43(40)48(37)36-26-32(46(4,5)6)17-19-41(36)51-42/h10-27H,1-9H3. The van der Waals surface area contributed by atoms with E-state index < -0.39 is 0 Å². The van der Waals surface area contributed by atoms with Crippen LogP contribution in [0.4, 0.5) is 0 Å². The minimum atomic E-state index is 0.0149. The molecule has 252 valence electrons. The van der Waals surface area contributed by atoms with E-state index in [4.69, 9.17) is 0 Å². The average molecular weight is 728 g/mol. The van der Waals surface area contributed by atoms with Gasteiger partial charge in [0.25, 0.3) is 0 Å². The summed E-state index contributed by atoms with van der Waals surface area (Å²) < 4.78 is 5.63. The zero-order valence-electron chi connectivity index (χ0n) is 31.3. The summed E-state index contributed by atoms with van der Waals surface area (Å²) in [6, 6.07) is 39.8. The molecule has 0 radical (unpaired) electrons. The summed E-state index contributed by atoms with van der Waals surface area (Å²) in [5.41, 5.74) is 17.4. The van der Waals surface area contributed by atoms with Crippen molar-refractivity contribution in [3.8, 4) is 28.1 Å². The van der Waals surface area contributed by atoms with Crippen LogP contribution in [0.15, 0.2) is 109 Å². The summed E-state index contributed by atoms with van der Waals surface area (Å²) in [4.78, 5) is 4.68. The molecule has 0 spiro atoms. The van der Waals surface area contributed by atoms with Crippen molar-refractivity contribution in [1.29, 1.82) is 0 Å². The van der Waals surface area contributed by atoms with E-state index in [-0.39, 0.29) is 37.9 Å². The van der Waals surface area contributed by atoms with Crippen molar-refractivity contribution >= 4 is 68.8 Å². The molecule has 7 aromatic rings. The molecule has 2 aromatic heterocycles. The number of pyridine rings is 1. The Hall–Kier alpha value is -4.37. The molecule has 0 saturated heterocycles. The van der Waals surface area contributed by atoms with E-state index in [9.17, 15) is 0 Å². The van der Waals surface area contributed by atoms with Crippen molar-refractivity contribution < 1.29 is 0 Å². The molecular formula is C47H45BN2Se. The van der Waals surface area contributed by atoms with Gasteiger partial charge < -0.3 is 0 Å². The van der Waals surface area contributed by atoms with Gasteiger partial charge in [-0.1, -0.05) is 0 Å². The summed E-state index contributed by atoms with van der Waals surface area (Å²) in [5, 5.41) is 2.73. The second kappa shape index (κ2) is 11.1. The fraction of sp³-hybridized carbons (Fsp3) is 0.255. The first kappa shape index (κ1) is 32.5. The Morgan fingerprint density at radius 3 is 1.96 bits per heavy atom. The molecule has 2 nitrogen and oxygen atoms in total. The van der Waals surface area contributed by atoms with Crippen molar-refractivity contribution in [1.82, 2.24) is 9.55 Å². The second-order valence-corrected chi connectivity index (χ2v) is 20.0. The van der Waals surface area contributed by atoms with Gasteiger partial charge in [-0.15, -0.1) is 0 Å². The molecule has 0 saturated carbocycles. The molecule has 5 aromatic carbocycles. The number of aromatic nitrogens is 2. The molecule has 0 amide bonds. The topological polar surface area (TPSA) is 17.8 Å². The summed E-state index contributed by atoms with van der Waals surface area (Å²) in [6.45, 7) is 21.3. The van der Waals surface area contributed by atoms with Crippen molar-refractivity contribution in [2.45, 2.75) is 78.6 Å². The van der Waals surface area contributed by atoms with Crippen molar-refractivity contribution in [2.75, 3.05) is 0 Å². The minimum absolute atomic E-state index is 0.0149. The molecule has 2 aliphatic rings. The van der Waals surface area contributed by atoms with Gasteiger partial charge in [0.1, 0.15) is 0 Å². The third kappa shape index (κ3) is 5.17. The van der Waals surface area contributed by atoms with Crippen LogP contribution in [0, 0.1) is 0 Å². The Labute approximate surface area is 309 Å². The van der Waals surface area contributed by atoms with Crippen LogP contribution in [0.3, 0.4) is 0 Å². The van der Waals surface area contributed by atoms with Gasteiger partial charge in [-0.2, -0.15) is 0 Å². The zero-order chi connectivity index (χ0) is 35.6. The Morgan fingerprint density at radius 1 is 0.549 bits per heavy atom.